The molecule has 0 aliphatic carbocycles. The smallest absolute Gasteiger partial charge is 0.336 e. The Morgan fingerprint density at radius 1 is 1.36 bits per heavy atom. The van der Waals surface area contributed by atoms with Crippen LogP contribution in [0, 0.1) is 0 Å². The number of hydrogen-bond donors (Lipinski definition) is 0. The molecule has 0 aliphatic heterocycles. The molecule has 0 saturated heterocycles. The van der Waals surface area contributed by atoms with Crippen LogP contribution in [0.15, 0.2) is 37.9 Å². The zero-order valence-electron chi connectivity index (χ0n) is 7.41. The summed E-state index contributed by atoms with van der Waals surface area (Å²) < 4.78 is 10.9. The fourth-order valence-corrected chi connectivity index (χ4v) is 1.78. The van der Waals surface area contributed by atoms with E-state index in [0.29, 0.717) is 11.3 Å². The van der Waals surface area contributed by atoms with Gasteiger partial charge in [0.15, 0.2) is 0 Å². The van der Waals surface area contributed by atoms with Gasteiger partial charge in [0.1, 0.15) is 11.3 Å². The maximum atomic E-state index is 11.0. The third kappa shape index (κ3) is 1.53. The van der Waals surface area contributed by atoms with Crippen LogP contribution in [-0.2, 0) is 0 Å². The molecule has 0 radical (unpaired) electrons. The van der Waals surface area contributed by atoms with Crippen molar-refractivity contribution in [3.63, 3.8) is 0 Å². The highest BCUT2D eigenvalue weighted by Crippen LogP contribution is 2.28. The molecule has 1 heterocycles. The molecule has 0 amide bonds. The predicted molar refractivity (Wildman–Crippen MR) is 56.7 cm³/mol. The second kappa shape index (κ2) is 3.46. The van der Waals surface area contributed by atoms with Gasteiger partial charge in [-0.25, -0.2) is 4.79 Å². The van der Waals surface area contributed by atoms with Gasteiger partial charge in [-0.05, 0) is 28.1 Å². The van der Waals surface area contributed by atoms with Crippen LogP contribution in [0.3, 0.4) is 0 Å². The Morgan fingerprint density at radius 2 is 2.14 bits per heavy atom. The quantitative estimate of drug-likeness (QED) is 0.735. The number of halogens is 1. The summed E-state index contributed by atoms with van der Waals surface area (Å²) in [7, 11) is 1.56. The van der Waals surface area contributed by atoms with Gasteiger partial charge in [0, 0.05) is 22.0 Å². The summed E-state index contributed by atoms with van der Waals surface area (Å²) in [5.41, 5.74) is 0.154. The third-order valence-electron chi connectivity index (χ3n) is 1.90. The summed E-state index contributed by atoms with van der Waals surface area (Å²) in [6.45, 7) is 0. The van der Waals surface area contributed by atoms with Gasteiger partial charge >= 0.3 is 5.63 Å². The van der Waals surface area contributed by atoms with E-state index in [9.17, 15) is 4.79 Å². The summed E-state index contributed by atoms with van der Waals surface area (Å²) in [5.74, 6) is 0.652. The number of hydrogen-bond acceptors (Lipinski definition) is 3. The molecule has 0 N–H and O–H groups in total. The first kappa shape index (κ1) is 9.27. The maximum Gasteiger partial charge on any atom is 0.336 e. The second-order valence-electron chi connectivity index (χ2n) is 2.78. The first-order valence-electron chi connectivity index (χ1n) is 3.98. The normalized spacial score (nSPS) is 10.4. The minimum Gasteiger partial charge on any atom is -0.497 e. The van der Waals surface area contributed by atoms with Gasteiger partial charge in [-0.15, -0.1) is 0 Å². The fraction of sp³-hybridized carbons (Fsp3) is 0.100. The zero-order valence-corrected chi connectivity index (χ0v) is 9.00. The van der Waals surface area contributed by atoms with Gasteiger partial charge in [-0.3, -0.25) is 0 Å². The van der Waals surface area contributed by atoms with Gasteiger partial charge in [0.05, 0.1) is 7.11 Å². The van der Waals surface area contributed by atoms with Crippen LogP contribution in [0.2, 0.25) is 0 Å². The van der Waals surface area contributed by atoms with Crippen LogP contribution in [0.4, 0.5) is 0 Å². The average molecular weight is 255 g/mol. The molecular formula is C10H7BrO3. The molecule has 4 heteroatoms. The van der Waals surface area contributed by atoms with Gasteiger partial charge in [0.2, 0.25) is 0 Å². The summed E-state index contributed by atoms with van der Waals surface area (Å²) in [6.07, 6.45) is 0. The molecule has 72 valence electrons. The van der Waals surface area contributed by atoms with Crippen molar-refractivity contribution in [1.82, 2.24) is 0 Å². The number of benzene rings is 1. The van der Waals surface area contributed by atoms with E-state index in [4.69, 9.17) is 9.15 Å². The van der Waals surface area contributed by atoms with Crippen LogP contribution in [0.5, 0.6) is 5.75 Å². The van der Waals surface area contributed by atoms with E-state index in [2.05, 4.69) is 15.9 Å². The third-order valence-corrected chi connectivity index (χ3v) is 2.55. The first-order valence-corrected chi connectivity index (χ1v) is 4.77. The van der Waals surface area contributed by atoms with E-state index in [1.54, 1.807) is 19.2 Å². The van der Waals surface area contributed by atoms with Gasteiger partial charge in [-0.1, -0.05) is 0 Å². The van der Waals surface area contributed by atoms with Crippen LogP contribution in [0.1, 0.15) is 0 Å². The molecule has 0 unspecified atom stereocenters. The van der Waals surface area contributed by atoms with E-state index in [1.807, 2.05) is 6.07 Å². The lowest BCUT2D eigenvalue weighted by Gasteiger charge is -2.03. The second-order valence-corrected chi connectivity index (χ2v) is 3.63. The number of methoxy groups -OCH3 is 1. The Bertz CT molecular complexity index is 530. The highest BCUT2D eigenvalue weighted by Gasteiger charge is 2.04. The molecule has 0 spiro atoms. The van der Waals surface area contributed by atoms with Crippen LogP contribution >= 0.6 is 15.9 Å². The van der Waals surface area contributed by atoms with Gasteiger partial charge < -0.3 is 9.15 Å². The lowest BCUT2D eigenvalue weighted by molar-refractivity contribution is 0.413. The molecule has 0 atom stereocenters. The topological polar surface area (TPSA) is 39.4 Å². The largest absolute Gasteiger partial charge is 0.497 e. The number of fused-ring (bicyclic) bond motifs is 1. The van der Waals surface area contributed by atoms with E-state index in [-0.39, 0.29) is 5.63 Å². The lowest BCUT2D eigenvalue weighted by Crippen LogP contribution is -1.95. The molecule has 14 heavy (non-hydrogen) atoms. The van der Waals surface area contributed by atoms with Crippen LogP contribution in [0.25, 0.3) is 11.0 Å². The van der Waals surface area contributed by atoms with Crippen molar-refractivity contribution in [1.29, 1.82) is 0 Å². The molecule has 2 rings (SSSR count). The predicted octanol–water partition coefficient (Wildman–Crippen LogP) is 2.56. The highest BCUT2D eigenvalue weighted by atomic mass is 79.9. The van der Waals surface area contributed by atoms with Crippen molar-refractivity contribution in [2.24, 2.45) is 0 Å². The molecule has 0 aliphatic rings. The Kier molecular flexibility index (Phi) is 2.29. The van der Waals surface area contributed by atoms with E-state index in [0.717, 1.165) is 9.86 Å². The van der Waals surface area contributed by atoms with Crippen molar-refractivity contribution in [2.45, 2.75) is 0 Å². The first-order chi connectivity index (χ1) is 6.70. The average Bonchev–Trinajstić information content (AvgIpc) is 2.16. The fourth-order valence-electron chi connectivity index (χ4n) is 1.23. The summed E-state index contributed by atoms with van der Waals surface area (Å²) in [6, 6.07) is 6.61. The summed E-state index contributed by atoms with van der Waals surface area (Å²) in [5, 5.41) is 0.852. The maximum absolute atomic E-state index is 11.0. The minimum atomic E-state index is -0.363. The van der Waals surface area contributed by atoms with Crippen molar-refractivity contribution in [3.8, 4) is 5.75 Å². The molecular weight excluding hydrogens is 248 g/mol. The van der Waals surface area contributed by atoms with E-state index in [1.165, 1.54) is 6.07 Å². The number of ether oxygens (including phenoxy) is 1. The van der Waals surface area contributed by atoms with E-state index >= 15 is 0 Å². The van der Waals surface area contributed by atoms with Gasteiger partial charge in [-0.2, -0.15) is 0 Å². The lowest BCUT2D eigenvalue weighted by atomic mass is 10.2. The molecule has 3 nitrogen and oxygen atoms in total. The monoisotopic (exact) mass is 254 g/mol. The van der Waals surface area contributed by atoms with Crippen molar-refractivity contribution in [2.75, 3.05) is 7.11 Å². The molecule has 1 aromatic carbocycles. The minimum absolute atomic E-state index is 0.363. The Labute approximate surface area is 88.4 Å². The number of rotatable bonds is 1. The van der Waals surface area contributed by atoms with Crippen molar-refractivity contribution in [3.05, 3.63) is 39.2 Å². The van der Waals surface area contributed by atoms with Gasteiger partial charge in [0.25, 0.3) is 0 Å². The molecule has 0 fully saturated rings. The molecule has 0 bridgehead atoms. The SMILES string of the molecule is COc1cc(Br)c2ccc(=O)oc2c1. The molecule has 1 aromatic heterocycles. The molecule has 2 aromatic rings. The van der Waals surface area contributed by atoms with Crippen molar-refractivity contribution >= 4 is 26.9 Å². The Morgan fingerprint density at radius 3 is 2.86 bits per heavy atom. The van der Waals surface area contributed by atoms with Crippen molar-refractivity contribution < 1.29 is 9.15 Å². The molecule has 0 saturated carbocycles. The van der Waals surface area contributed by atoms with Crippen LogP contribution < -0.4 is 10.4 Å². The Hall–Kier alpha value is -1.29. The standard InChI is InChI=1S/C10H7BrO3/c1-13-6-4-8(11)7-2-3-10(12)14-9(7)5-6/h2-5H,1H3. The van der Waals surface area contributed by atoms with E-state index < -0.39 is 0 Å². The highest BCUT2D eigenvalue weighted by molar-refractivity contribution is 9.10. The Balaban J connectivity index is 2.83. The summed E-state index contributed by atoms with van der Waals surface area (Å²) >= 11 is 3.37. The zero-order chi connectivity index (χ0) is 10.1. The van der Waals surface area contributed by atoms with Crippen LogP contribution in [-0.4, -0.2) is 7.11 Å². The summed E-state index contributed by atoms with van der Waals surface area (Å²) in [4.78, 5) is 11.0.